The van der Waals surface area contributed by atoms with E-state index in [4.69, 9.17) is 0 Å². The van der Waals surface area contributed by atoms with Crippen LogP contribution in [0.1, 0.15) is 64.8 Å². The highest BCUT2D eigenvalue weighted by atomic mass is 19.4. The molecule has 0 aromatic carbocycles. The fraction of sp³-hybridized carbons (Fsp3) is 0.476. The van der Waals surface area contributed by atoms with Gasteiger partial charge in [-0.05, 0) is 47.7 Å². The summed E-state index contributed by atoms with van der Waals surface area (Å²) in [6.45, 7) is 2.40. The summed E-state index contributed by atoms with van der Waals surface area (Å²) in [5, 5.41) is 18.1. The van der Waals surface area contributed by atoms with Crippen molar-refractivity contribution in [2.45, 2.75) is 45.3 Å². The molecule has 35 heavy (non-hydrogen) atoms. The summed E-state index contributed by atoms with van der Waals surface area (Å²) in [5.74, 6) is -0.823. The Kier molecular flexibility index (Phi) is 7.07. The van der Waals surface area contributed by atoms with Crippen LogP contribution >= 0.6 is 0 Å². The van der Waals surface area contributed by atoms with E-state index in [1.165, 1.54) is 17.3 Å². The zero-order chi connectivity index (χ0) is 25.0. The van der Waals surface area contributed by atoms with Gasteiger partial charge in [0.2, 0.25) is 0 Å². The number of aromatic nitrogens is 7. The van der Waals surface area contributed by atoms with E-state index in [0.29, 0.717) is 18.9 Å². The molecule has 2 amide bonds. The van der Waals surface area contributed by atoms with Crippen LogP contribution in [0, 0.1) is 5.92 Å². The minimum Gasteiger partial charge on any atom is -0.350 e. The minimum absolute atomic E-state index is 0.0627. The third kappa shape index (κ3) is 5.81. The van der Waals surface area contributed by atoms with Crippen LogP contribution in [0.3, 0.4) is 0 Å². The van der Waals surface area contributed by atoms with Crippen LogP contribution in [0.15, 0.2) is 30.7 Å². The Morgan fingerprint density at radius 2 is 2.03 bits per heavy atom. The van der Waals surface area contributed by atoms with Gasteiger partial charge in [0.1, 0.15) is 0 Å². The number of pyridine rings is 1. The maximum atomic E-state index is 13.5. The Morgan fingerprint density at radius 3 is 2.69 bits per heavy atom. The first-order chi connectivity index (χ1) is 16.8. The number of hydrogen-bond donors (Lipinski definition) is 1. The van der Waals surface area contributed by atoms with Gasteiger partial charge in [-0.2, -0.15) is 13.2 Å². The molecule has 1 saturated carbocycles. The maximum absolute atomic E-state index is 13.5. The lowest BCUT2D eigenvalue weighted by Gasteiger charge is -2.22. The average molecular weight is 491 g/mol. The molecule has 0 unspecified atom stereocenters. The van der Waals surface area contributed by atoms with E-state index in [1.54, 1.807) is 0 Å². The molecule has 0 saturated heterocycles. The van der Waals surface area contributed by atoms with E-state index in [0.717, 1.165) is 47.2 Å². The molecule has 0 atom stereocenters. The van der Waals surface area contributed by atoms with Gasteiger partial charge in [0.15, 0.2) is 11.4 Å². The second-order valence-corrected chi connectivity index (χ2v) is 8.27. The van der Waals surface area contributed by atoms with E-state index in [2.05, 4.69) is 30.9 Å². The lowest BCUT2D eigenvalue weighted by molar-refractivity contribution is -0.137. The number of halogens is 3. The van der Waals surface area contributed by atoms with Gasteiger partial charge in [-0.3, -0.25) is 14.6 Å². The van der Waals surface area contributed by atoms with Crippen molar-refractivity contribution in [3.8, 4) is 0 Å². The van der Waals surface area contributed by atoms with Crippen molar-refractivity contribution in [3.05, 3.63) is 53.4 Å². The van der Waals surface area contributed by atoms with Gasteiger partial charge in [-0.25, -0.2) is 0 Å². The summed E-state index contributed by atoms with van der Waals surface area (Å²) in [4.78, 5) is 34.1. The molecule has 3 heterocycles. The van der Waals surface area contributed by atoms with Crippen LogP contribution in [-0.2, 0) is 12.7 Å². The number of rotatable bonds is 10. The van der Waals surface area contributed by atoms with E-state index in [-0.39, 0.29) is 30.2 Å². The van der Waals surface area contributed by atoms with Crippen LogP contribution in [-0.4, -0.2) is 65.0 Å². The third-order valence-electron chi connectivity index (χ3n) is 5.49. The summed E-state index contributed by atoms with van der Waals surface area (Å²) in [6.07, 6.45) is 2.68. The molecular formula is C21H24F3N9O2. The Morgan fingerprint density at radius 1 is 1.23 bits per heavy atom. The second kappa shape index (κ2) is 10.2. The van der Waals surface area contributed by atoms with Crippen molar-refractivity contribution in [1.82, 2.24) is 45.4 Å². The molecule has 0 spiro atoms. The number of amides is 2. The quantitative estimate of drug-likeness (QED) is 0.461. The summed E-state index contributed by atoms with van der Waals surface area (Å²) < 4.78 is 39.5. The molecule has 3 aromatic rings. The standard InChI is InChI=1S/C21H24F3N9O2/c1-2-3-9-31(13-16-11-15(6-7-25-16)21(22,23)24)20(35)17-18(19(34)26-12-14-4-5-14)33(30-28-17)32-10-8-27-29-32/h6-8,10-11,14H,2-5,9,12-13H2,1H3,(H,26,34). The molecule has 0 radical (unpaired) electrons. The molecule has 3 aromatic heterocycles. The van der Waals surface area contributed by atoms with Crippen molar-refractivity contribution in [3.63, 3.8) is 0 Å². The second-order valence-electron chi connectivity index (χ2n) is 8.27. The van der Waals surface area contributed by atoms with Crippen molar-refractivity contribution >= 4 is 11.8 Å². The van der Waals surface area contributed by atoms with Crippen molar-refractivity contribution < 1.29 is 22.8 Å². The molecule has 186 valence electrons. The minimum atomic E-state index is -4.54. The van der Waals surface area contributed by atoms with Gasteiger partial charge in [-0.15, -0.1) is 19.8 Å². The first-order valence-corrected chi connectivity index (χ1v) is 11.2. The van der Waals surface area contributed by atoms with Crippen molar-refractivity contribution in [1.29, 1.82) is 0 Å². The molecule has 14 heteroatoms. The fourth-order valence-corrected chi connectivity index (χ4v) is 3.39. The molecular weight excluding hydrogens is 467 g/mol. The maximum Gasteiger partial charge on any atom is 0.416 e. The molecule has 0 bridgehead atoms. The lowest BCUT2D eigenvalue weighted by atomic mass is 10.2. The normalized spacial score (nSPS) is 13.6. The predicted molar refractivity (Wildman–Crippen MR) is 115 cm³/mol. The van der Waals surface area contributed by atoms with E-state index in [9.17, 15) is 22.8 Å². The van der Waals surface area contributed by atoms with Crippen LogP contribution in [0.2, 0.25) is 0 Å². The van der Waals surface area contributed by atoms with E-state index >= 15 is 0 Å². The summed E-state index contributed by atoms with van der Waals surface area (Å²) in [7, 11) is 0. The molecule has 11 nitrogen and oxygen atoms in total. The Balaban J connectivity index is 1.65. The number of nitrogens with zero attached hydrogens (tertiary/aromatic N) is 8. The average Bonchev–Trinajstić information content (AvgIpc) is 3.30. The van der Waals surface area contributed by atoms with Crippen LogP contribution < -0.4 is 5.32 Å². The number of unbranched alkanes of at least 4 members (excludes halogenated alkanes) is 1. The van der Waals surface area contributed by atoms with Crippen LogP contribution in [0.5, 0.6) is 0 Å². The smallest absolute Gasteiger partial charge is 0.350 e. The molecule has 1 aliphatic rings. The number of alkyl halides is 3. The monoisotopic (exact) mass is 491 g/mol. The van der Waals surface area contributed by atoms with E-state index in [1.807, 2.05) is 6.92 Å². The fourth-order valence-electron chi connectivity index (χ4n) is 3.39. The SMILES string of the molecule is CCCCN(Cc1cc(C(F)(F)F)ccn1)C(=O)c1nnn(-n2ccnn2)c1C(=O)NCC1CC1. The topological polar surface area (TPSA) is 124 Å². The van der Waals surface area contributed by atoms with Gasteiger partial charge in [0.25, 0.3) is 11.8 Å². The molecule has 1 fully saturated rings. The number of carbonyl (C=O) groups excluding carboxylic acids is 2. The van der Waals surface area contributed by atoms with Crippen molar-refractivity contribution in [2.75, 3.05) is 13.1 Å². The molecule has 0 aliphatic heterocycles. The molecule has 4 rings (SSSR count). The Hall–Kier alpha value is -3.84. The van der Waals surface area contributed by atoms with Crippen LogP contribution in [0.4, 0.5) is 13.2 Å². The van der Waals surface area contributed by atoms with Gasteiger partial charge < -0.3 is 10.2 Å². The zero-order valence-corrected chi connectivity index (χ0v) is 18.9. The summed E-state index contributed by atoms with van der Waals surface area (Å²) >= 11 is 0. The Labute approximate surface area is 198 Å². The zero-order valence-electron chi connectivity index (χ0n) is 18.9. The number of hydrogen-bond acceptors (Lipinski definition) is 7. The summed E-state index contributed by atoms with van der Waals surface area (Å²) in [6, 6.07) is 1.77. The predicted octanol–water partition coefficient (Wildman–Crippen LogP) is 2.18. The highest BCUT2D eigenvalue weighted by Gasteiger charge is 2.33. The van der Waals surface area contributed by atoms with Gasteiger partial charge in [-0.1, -0.05) is 13.3 Å². The van der Waals surface area contributed by atoms with Crippen molar-refractivity contribution in [2.24, 2.45) is 5.92 Å². The van der Waals surface area contributed by atoms with Gasteiger partial charge in [0.05, 0.1) is 30.2 Å². The van der Waals surface area contributed by atoms with Gasteiger partial charge >= 0.3 is 6.18 Å². The lowest BCUT2D eigenvalue weighted by Crippen LogP contribution is -2.36. The van der Waals surface area contributed by atoms with Crippen LogP contribution in [0.25, 0.3) is 0 Å². The van der Waals surface area contributed by atoms with E-state index < -0.39 is 23.6 Å². The highest BCUT2D eigenvalue weighted by Crippen LogP contribution is 2.29. The number of nitrogens with one attached hydrogen (secondary N) is 1. The molecule has 1 N–H and O–H groups in total. The Bertz CT molecular complexity index is 1170. The molecule has 1 aliphatic carbocycles. The summed E-state index contributed by atoms with van der Waals surface area (Å²) in [5.41, 5.74) is -1.17. The third-order valence-corrected chi connectivity index (χ3v) is 5.49. The first kappa shape index (κ1) is 24.3. The number of carbonyl (C=O) groups is 2. The highest BCUT2D eigenvalue weighted by molar-refractivity contribution is 6.04. The largest absolute Gasteiger partial charge is 0.416 e. The first-order valence-electron chi connectivity index (χ1n) is 11.2. The van der Waals surface area contributed by atoms with Gasteiger partial charge in [0, 0.05) is 19.3 Å².